The van der Waals surface area contributed by atoms with E-state index in [1.807, 2.05) is 12.1 Å². The van der Waals surface area contributed by atoms with Crippen LogP contribution in [0.1, 0.15) is 39.5 Å². The molecule has 1 unspecified atom stereocenters. The molecular formula is C20H26N2O3. The molecule has 1 heterocycles. The largest absolute Gasteiger partial charge is 0.392 e. The maximum atomic E-state index is 12.6. The maximum Gasteiger partial charge on any atom is 0.258 e. The first-order valence-electron chi connectivity index (χ1n) is 9.07. The van der Waals surface area contributed by atoms with Gasteiger partial charge < -0.3 is 15.0 Å². The van der Waals surface area contributed by atoms with Gasteiger partial charge in [0.05, 0.1) is 12.6 Å². The second-order valence-electron chi connectivity index (χ2n) is 7.34. The Morgan fingerprint density at radius 3 is 2.64 bits per heavy atom. The molecule has 3 rings (SSSR count). The Hall–Kier alpha value is -2.14. The minimum absolute atomic E-state index is 0.0487. The van der Waals surface area contributed by atoms with Gasteiger partial charge in [-0.2, -0.15) is 0 Å². The van der Waals surface area contributed by atoms with Gasteiger partial charge in [-0.05, 0) is 56.7 Å². The highest BCUT2D eigenvalue weighted by Crippen LogP contribution is 2.30. The average Bonchev–Trinajstić information content (AvgIpc) is 2.58. The number of pyridine rings is 1. The molecule has 2 N–H and O–H groups in total. The predicted molar refractivity (Wildman–Crippen MR) is 99.6 cm³/mol. The van der Waals surface area contributed by atoms with Crippen molar-refractivity contribution >= 4 is 22.4 Å². The van der Waals surface area contributed by atoms with Gasteiger partial charge >= 0.3 is 0 Å². The van der Waals surface area contributed by atoms with Gasteiger partial charge in [0.15, 0.2) is 0 Å². The van der Waals surface area contributed by atoms with Crippen LogP contribution in [0, 0.1) is 11.8 Å². The van der Waals surface area contributed by atoms with E-state index in [2.05, 4.69) is 12.2 Å². The van der Waals surface area contributed by atoms with Crippen LogP contribution in [0.3, 0.4) is 0 Å². The molecule has 1 aliphatic carbocycles. The number of benzene rings is 1. The first-order chi connectivity index (χ1) is 12.0. The van der Waals surface area contributed by atoms with Crippen molar-refractivity contribution in [2.75, 3.05) is 5.32 Å². The van der Waals surface area contributed by atoms with Crippen LogP contribution in [0.2, 0.25) is 0 Å². The first-order valence-corrected chi connectivity index (χ1v) is 9.07. The van der Waals surface area contributed by atoms with Crippen molar-refractivity contribution in [3.63, 3.8) is 0 Å². The van der Waals surface area contributed by atoms with Crippen LogP contribution >= 0.6 is 0 Å². The van der Waals surface area contributed by atoms with Crippen LogP contribution < -0.4 is 10.9 Å². The smallest absolute Gasteiger partial charge is 0.258 e. The normalized spacial score (nSPS) is 21.9. The van der Waals surface area contributed by atoms with Gasteiger partial charge in [0, 0.05) is 28.6 Å². The molecule has 1 saturated carbocycles. The van der Waals surface area contributed by atoms with Gasteiger partial charge in [-0.3, -0.25) is 9.59 Å². The fourth-order valence-electron chi connectivity index (χ4n) is 3.61. The molecule has 1 atom stereocenters. The van der Waals surface area contributed by atoms with Gasteiger partial charge in [-0.15, -0.1) is 0 Å². The summed E-state index contributed by atoms with van der Waals surface area (Å²) in [6.07, 6.45) is 5.13. The molecule has 5 nitrogen and oxygen atoms in total. The highest BCUT2D eigenvalue weighted by Gasteiger charge is 2.24. The van der Waals surface area contributed by atoms with Crippen molar-refractivity contribution in [3.05, 3.63) is 40.8 Å². The zero-order chi connectivity index (χ0) is 18.0. The summed E-state index contributed by atoms with van der Waals surface area (Å²) in [6, 6.07) is 7.21. The summed E-state index contributed by atoms with van der Waals surface area (Å²) in [7, 11) is 0. The SMILES string of the molecule is CC(O)Cn1ccc2c(NC(=O)C3CCC(C)CC3)cccc2c1=O. The third-order valence-electron chi connectivity index (χ3n) is 5.12. The molecule has 134 valence electrons. The summed E-state index contributed by atoms with van der Waals surface area (Å²) in [5.41, 5.74) is 0.531. The number of aliphatic hydroxyl groups is 1. The standard InChI is InChI=1S/C20H26N2O3/c1-13-6-8-15(9-7-13)19(24)21-18-5-3-4-17-16(18)10-11-22(20(17)25)12-14(2)23/h3-5,10-11,13-15,23H,6-9,12H2,1-2H3,(H,21,24). The topological polar surface area (TPSA) is 71.3 Å². The summed E-state index contributed by atoms with van der Waals surface area (Å²) >= 11 is 0. The number of nitrogens with one attached hydrogen (secondary N) is 1. The minimum Gasteiger partial charge on any atom is -0.392 e. The molecule has 0 aliphatic heterocycles. The Balaban J connectivity index is 1.86. The Labute approximate surface area is 147 Å². The number of fused-ring (bicyclic) bond motifs is 1. The van der Waals surface area contributed by atoms with Crippen LogP contribution in [0.5, 0.6) is 0 Å². The number of aliphatic hydroxyl groups excluding tert-OH is 1. The molecule has 5 heteroatoms. The van der Waals surface area contributed by atoms with E-state index < -0.39 is 6.10 Å². The van der Waals surface area contributed by atoms with Crippen molar-refractivity contribution in [2.45, 2.75) is 52.2 Å². The summed E-state index contributed by atoms with van der Waals surface area (Å²) in [4.78, 5) is 25.2. The highest BCUT2D eigenvalue weighted by molar-refractivity contribution is 6.02. The molecule has 1 aromatic carbocycles. The van der Waals surface area contributed by atoms with Crippen LogP contribution in [0.4, 0.5) is 5.69 Å². The minimum atomic E-state index is -0.591. The summed E-state index contributed by atoms with van der Waals surface area (Å²) in [5.74, 6) is 0.809. The van der Waals surface area contributed by atoms with Crippen LogP contribution in [0.15, 0.2) is 35.3 Å². The quantitative estimate of drug-likeness (QED) is 0.896. The lowest BCUT2D eigenvalue weighted by molar-refractivity contribution is -0.121. The Bertz CT molecular complexity index is 817. The zero-order valence-corrected chi connectivity index (χ0v) is 14.9. The number of amides is 1. The van der Waals surface area contributed by atoms with Gasteiger partial charge in [0.2, 0.25) is 5.91 Å². The molecule has 0 spiro atoms. The number of carbonyl (C=O) groups is 1. The van der Waals surface area contributed by atoms with Gasteiger partial charge in [0.1, 0.15) is 0 Å². The van der Waals surface area contributed by atoms with E-state index in [4.69, 9.17) is 0 Å². The molecule has 1 aliphatic rings. The van der Waals surface area contributed by atoms with E-state index in [0.29, 0.717) is 17.0 Å². The first kappa shape index (κ1) is 17.7. The molecule has 0 saturated heterocycles. The Morgan fingerprint density at radius 2 is 1.96 bits per heavy atom. The second kappa shape index (κ2) is 7.40. The van der Waals surface area contributed by atoms with E-state index in [-0.39, 0.29) is 23.9 Å². The average molecular weight is 342 g/mol. The number of hydrogen-bond acceptors (Lipinski definition) is 3. The van der Waals surface area contributed by atoms with Crippen molar-refractivity contribution < 1.29 is 9.90 Å². The van der Waals surface area contributed by atoms with Crippen LogP contribution in [-0.4, -0.2) is 21.7 Å². The highest BCUT2D eigenvalue weighted by atomic mass is 16.3. The molecule has 25 heavy (non-hydrogen) atoms. The van der Waals surface area contributed by atoms with Gasteiger partial charge in [-0.1, -0.05) is 13.0 Å². The summed E-state index contributed by atoms with van der Waals surface area (Å²) in [6.45, 7) is 4.14. The number of rotatable bonds is 4. The number of hydrogen-bond donors (Lipinski definition) is 2. The van der Waals surface area contributed by atoms with Crippen molar-refractivity contribution in [1.82, 2.24) is 4.57 Å². The number of anilines is 1. The Morgan fingerprint density at radius 1 is 1.24 bits per heavy atom. The van der Waals surface area contributed by atoms with Gasteiger partial charge in [-0.25, -0.2) is 0 Å². The predicted octanol–water partition coefficient (Wildman–Crippen LogP) is 3.15. The molecule has 1 fully saturated rings. The van der Waals surface area contributed by atoms with Gasteiger partial charge in [0.25, 0.3) is 5.56 Å². The van der Waals surface area contributed by atoms with E-state index in [0.717, 1.165) is 31.1 Å². The van der Waals surface area contributed by atoms with Crippen molar-refractivity contribution in [2.24, 2.45) is 11.8 Å². The number of carbonyl (C=O) groups excluding carboxylic acids is 1. The molecule has 2 aromatic rings. The molecule has 1 amide bonds. The Kier molecular flexibility index (Phi) is 5.23. The van der Waals surface area contributed by atoms with Crippen LogP contribution in [0.25, 0.3) is 10.8 Å². The van der Waals surface area contributed by atoms with E-state index in [1.54, 1.807) is 25.3 Å². The molecular weight excluding hydrogens is 316 g/mol. The summed E-state index contributed by atoms with van der Waals surface area (Å²) < 4.78 is 1.50. The lowest BCUT2D eigenvalue weighted by atomic mass is 9.82. The summed E-state index contributed by atoms with van der Waals surface area (Å²) in [5, 5.41) is 13.8. The van der Waals surface area contributed by atoms with Crippen LogP contribution in [-0.2, 0) is 11.3 Å². The van der Waals surface area contributed by atoms with E-state index in [1.165, 1.54) is 4.57 Å². The molecule has 0 bridgehead atoms. The van der Waals surface area contributed by atoms with Crippen molar-refractivity contribution in [1.29, 1.82) is 0 Å². The van der Waals surface area contributed by atoms with E-state index >= 15 is 0 Å². The van der Waals surface area contributed by atoms with Crippen molar-refractivity contribution in [3.8, 4) is 0 Å². The number of nitrogens with zero attached hydrogens (tertiary/aromatic N) is 1. The number of aromatic nitrogens is 1. The monoisotopic (exact) mass is 342 g/mol. The lowest BCUT2D eigenvalue weighted by Crippen LogP contribution is -2.27. The zero-order valence-electron chi connectivity index (χ0n) is 14.9. The maximum absolute atomic E-state index is 12.6. The van der Waals surface area contributed by atoms with E-state index in [9.17, 15) is 14.7 Å². The fraction of sp³-hybridized carbons (Fsp3) is 0.500. The lowest BCUT2D eigenvalue weighted by Gasteiger charge is -2.25. The molecule has 1 aromatic heterocycles. The fourth-order valence-corrected chi connectivity index (χ4v) is 3.61. The molecule has 0 radical (unpaired) electrons. The third-order valence-corrected chi connectivity index (χ3v) is 5.12. The third kappa shape index (κ3) is 3.93. The second-order valence-corrected chi connectivity index (χ2v) is 7.34.